The number of hydrazine groups is 1. The van der Waals surface area contributed by atoms with Crippen molar-refractivity contribution in [1.29, 1.82) is 0 Å². The molecule has 11 heavy (non-hydrogen) atoms. The van der Waals surface area contributed by atoms with Crippen LogP contribution in [0.25, 0.3) is 0 Å². The minimum atomic E-state index is -1.44. The summed E-state index contributed by atoms with van der Waals surface area (Å²) in [6.07, 6.45) is 0. The quantitative estimate of drug-likeness (QED) is 0.471. The first-order valence-electron chi connectivity index (χ1n) is 3.49. The molecule has 0 unspecified atom stereocenters. The molecule has 0 aliphatic carbocycles. The molecule has 1 aromatic carbocycles. The summed E-state index contributed by atoms with van der Waals surface area (Å²) in [6, 6.07) is 10.5. The topological polar surface area (TPSA) is 29.3 Å². The molecular formula is C8H13N2Sb. The Hall–Kier alpha value is -0.0418. The van der Waals surface area contributed by atoms with Gasteiger partial charge in [0.1, 0.15) is 0 Å². The van der Waals surface area contributed by atoms with Crippen LogP contribution in [0.2, 0.25) is 4.87 Å². The van der Waals surface area contributed by atoms with Crippen molar-refractivity contribution < 1.29 is 0 Å². The summed E-state index contributed by atoms with van der Waals surface area (Å²) in [5.41, 5.74) is 0. The molecular weight excluding hydrogens is 246 g/mol. The molecule has 0 bridgehead atoms. The Labute approximate surface area is 75.3 Å². The van der Waals surface area contributed by atoms with E-state index in [1.807, 2.05) is 16.3 Å². The molecule has 0 radical (unpaired) electrons. The maximum atomic E-state index is 5.68. The van der Waals surface area contributed by atoms with Crippen molar-refractivity contribution in [2.75, 3.05) is 7.05 Å². The van der Waals surface area contributed by atoms with Crippen LogP contribution in [-0.4, -0.2) is 30.7 Å². The van der Waals surface area contributed by atoms with E-state index in [1.165, 1.54) is 3.51 Å². The van der Waals surface area contributed by atoms with E-state index in [-0.39, 0.29) is 0 Å². The molecule has 2 N–H and O–H groups in total. The fraction of sp³-hybridized carbons (Fsp3) is 0.250. The zero-order chi connectivity index (χ0) is 8.27. The van der Waals surface area contributed by atoms with Crippen LogP contribution in [0.15, 0.2) is 30.3 Å². The maximum absolute atomic E-state index is 5.68. The Balaban J connectivity index is 2.77. The van der Waals surface area contributed by atoms with Gasteiger partial charge in [-0.25, -0.2) is 0 Å². The van der Waals surface area contributed by atoms with Crippen LogP contribution in [0.1, 0.15) is 0 Å². The predicted octanol–water partition coefficient (Wildman–Crippen LogP) is 0.320. The number of hydrogen-bond acceptors (Lipinski definition) is 2. The van der Waals surface area contributed by atoms with E-state index >= 15 is 0 Å². The van der Waals surface area contributed by atoms with Gasteiger partial charge in [0, 0.05) is 0 Å². The molecule has 0 spiro atoms. The predicted molar refractivity (Wildman–Crippen MR) is 49.6 cm³/mol. The second-order valence-corrected chi connectivity index (χ2v) is 8.70. The molecule has 0 aliphatic rings. The third-order valence-corrected chi connectivity index (χ3v) is 7.29. The fourth-order valence-corrected chi connectivity index (χ4v) is 3.59. The molecule has 0 aliphatic heterocycles. The number of hydrogen-bond donors (Lipinski definition) is 1. The molecule has 0 atom stereocenters. The van der Waals surface area contributed by atoms with Gasteiger partial charge in [-0.2, -0.15) is 0 Å². The summed E-state index contributed by atoms with van der Waals surface area (Å²) in [7, 11) is 1.95. The molecule has 3 heteroatoms. The molecule has 0 saturated heterocycles. The van der Waals surface area contributed by atoms with Crippen LogP contribution in [0.3, 0.4) is 0 Å². The van der Waals surface area contributed by atoms with Crippen LogP contribution in [0.5, 0.6) is 0 Å². The number of nitrogens with zero attached hydrogens (tertiary/aromatic N) is 1. The van der Waals surface area contributed by atoms with Crippen molar-refractivity contribution >= 4 is 24.0 Å². The Morgan fingerprint density at radius 3 is 2.27 bits per heavy atom. The molecule has 0 amide bonds. The number of nitrogens with two attached hydrogens (primary N) is 1. The van der Waals surface area contributed by atoms with Gasteiger partial charge in [-0.15, -0.1) is 0 Å². The van der Waals surface area contributed by atoms with Crippen molar-refractivity contribution in [2.24, 2.45) is 5.84 Å². The van der Waals surface area contributed by atoms with Gasteiger partial charge in [0.2, 0.25) is 0 Å². The Bertz CT molecular complexity index is 211. The molecule has 0 saturated carbocycles. The molecule has 1 aromatic rings. The Morgan fingerprint density at radius 2 is 1.82 bits per heavy atom. The fourth-order valence-electron chi connectivity index (χ4n) is 0.826. The third kappa shape index (κ3) is 2.48. The van der Waals surface area contributed by atoms with Gasteiger partial charge < -0.3 is 0 Å². The van der Waals surface area contributed by atoms with Gasteiger partial charge in [-0.05, 0) is 0 Å². The average Bonchev–Trinajstić information content (AvgIpc) is 2.05. The Morgan fingerprint density at radius 1 is 1.27 bits per heavy atom. The molecule has 0 aromatic heterocycles. The zero-order valence-electron chi connectivity index (χ0n) is 6.86. The molecule has 0 heterocycles. The van der Waals surface area contributed by atoms with Crippen molar-refractivity contribution in [3.63, 3.8) is 0 Å². The summed E-state index contributed by atoms with van der Waals surface area (Å²) in [5, 5.41) is 0. The monoisotopic (exact) mass is 258 g/mol. The molecule has 60 valence electrons. The van der Waals surface area contributed by atoms with Gasteiger partial charge in [-0.3, -0.25) is 0 Å². The zero-order valence-corrected chi connectivity index (χ0v) is 9.41. The first kappa shape index (κ1) is 9.05. The van der Waals surface area contributed by atoms with E-state index in [0.29, 0.717) is 0 Å². The summed E-state index contributed by atoms with van der Waals surface area (Å²) < 4.78 is 3.32. The number of rotatable bonds is 2. The standard InChI is InChI=1S/C6H5.CH5N2.CH3.Sb/c1-2-4-6-5-3-1;1-3-2;;/h1-5H;2H2,1H3;1H3;/q;-1;;+1. The molecule has 2 nitrogen and oxygen atoms in total. The van der Waals surface area contributed by atoms with E-state index < -0.39 is 20.5 Å². The third-order valence-electron chi connectivity index (χ3n) is 1.60. The number of benzene rings is 1. The summed E-state index contributed by atoms with van der Waals surface area (Å²) in [6.45, 7) is 0. The van der Waals surface area contributed by atoms with Crippen molar-refractivity contribution in [1.82, 2.24) is 3.17 Å². The van der Waals surface area contributed by atoms with Crippen molar-refractivity contribution in [2.45, 2.75) is 4.87 Å². The van der Waals surface area contributed by atoms with Crippen LogP contribution >= 0.6 is 0 Å². The van der Waals surface area contributed by atoms with Gasteiger partial charge in [-0.1, -0.05) is 0 Å². The van der Waals surface area contributed by atoms with Gasteiger partial charge in [0.05, 0.1) is 0 Å². The first-order valence-corrected chi connectivity index (χ1v) is 8.46. The van der Waals surface area contributed by atoms with Gasteiger partial charge in [0.25, 0.3) is 0 Å². The van der Waals surface area contributed by atoms with E-state index in [0.717, 1.165) is 0 Å². The Kier molecular flexibility index (Phi) is 3.37. The summed E-state index contributed by atoms with van der Waals surface area (Å²) >= 11 is -1.44. The van der Waals surface area contributed by atoms with E-state index in [1.54, 1.807) is 0 Å². The van der Waals surface area contributed by atoms with E-state index in [4.69, 9.17) is 5.84 Å². The van der Waals surface area contributed by atoms with Gasteiger partial charge >= 0.3 is 75.3 Å². The first-order chi connectivity index (χ1) is 5.22. The van der Waals surface area contributed by atoms with E-state index in [2.05, 4.69) is 29.1 Å². The summed E-state index contributed by atoms with van der Waals surface area (Å²) in [4.78, 5) is 2.26. The van der Waals surface area contributed by atoms with Crippen LogP contribution in [0.4, 0.5) is 0 Å². The van der Waals surface area contributed by atoms with Crippen LogP contribution in [0, 0.1) is 0 Å². The van der Waals surface area contributed by atoms with Crippen LogP contribution in [-0.2, 0) is 0 Å². The van der Waals surface area contributed by atoms with Crippen LogP contribution < -0.4 is 9.35 Å². The second kappa shape index (κ2) is 4.10. The normalized spacial score (nSPS) is 11.0. The average molecular weight is 259 g/mol. The summed E-state index contributed by atoms with van der Waals surface area (Å²) in [5.74, 6) is 5.68. The van der Waals surface area contributed by atoms with Gasteiger partial charge in [0.15, 0.2) is 0 Å². The van der Waals surface area contributed by atoms with Crippen molar-refractivity contribution in [3.05, 3.63) is 30.3 Å². The SMILES string of the molecule is C[N](N)[Sb]([CH3])[c]1ccccc1. The second-order valence-electron chi connectivity index (χ2n) is 2.43. The molecule has 1 rings (SSSR count). The minimum absolute atomic E-state index is 1.43. The van der Waals surface area contributed by atoms with Crippen molar-refractivity contribution in [3.8, 4) is 0 Å². The van der Waals surface area contributed by atoms with E-state index in [9.17, 15) is 0 Å². The molecule has 0 fully saturated rings.